The molecule has 1 amide bonds. The number of carbonyl (C=O) groups excluding carboxylic acids is 1. The lowest BCUT2D eigenvalue weighted by Crippen LogP contribution is -2.58. The lowest BCUT2D eigenvalue weighted by Gasteiger charge is -2.57. The Balaban J connectivity index is 0.913. The molecule has 0 radical (unpaired) electrons. The van der Waals surface area contributed by atoms with Crippen molar-refractivity contribution in [2.45, 2.75) is 51.7 Å². The zero-order valence-corrected chi connectivity index (χ0v) is 24.0. The molecule has 4 bridgehead atoms. The van der Waals surface area contributed by atoms with Gasteiger partial charge < -0.3 is 14.1 Å². The van der Waals surface area contributed by atoms with E-state index >= 15 is 0 Å². The second kappa shape index (κ2) is 11.1. The maximum absolute atomic E-state index is 13.7. The van der Waals surface area contributed by atoms with E-state index in [0.717, 1.165) is 79.9 Å². The molecule has 0 spiro atoms. The zero-order valence-electron chi connectivity index (χ0n) is 24.0. The molecule has 0 N–H and O–H groups in total. The van der Waals surface area contributed by atoms with Crippen LogP contribution in [0.25, 0.3) is 11.1 Å². The van der Waals surface area contributed by atoms with Gasteiger partial charge in [0, 0.05) is 32.2 Å². The molecule has 1 saturated heterocycles. The van der Waals surface area contributed by atoms with E-state index < -0.39 is 0 Å². The Labute approximate surface area is 246 Å². The van der Waals surface area contributed by atoms with Gasteiger partial charge in [-0.3, -0.25) is 14.5 Å². The molecule has 5 aliphatic rings. The van der Waals surface area contributed by atoms with Crippen LogP contribution in [0.2, 0.25) is 0 Å². The third kappa shape index (κ3) is 5.25. The second-order valence-corrected chi connectivity index (χ2v) is 13.0. The molecule has 4 aliphatic carbocycles. The van der Waals surface area contributed by atoms with Crippen molar-refractivity contribution in [3.05, 3.63) is 88.0 Å². The number of nitriles is 1. The van der Waals surface area contributed by atoms with Gasteiger partial charge in [0.25, 0.3) is 0 Å². The van der Waals surface area contributed by atoms with Crippen molar-refractivity contribution in [3.8, 4) is 22.9 Å². The van der Waals surface area contributed by atoms with Gasteiger partial charge in [-0.15, -0.1) is 0 Å². The van der Waals surface area contributed by atoms with Crippen molar-refractivity contribution in [2.24, 2.45) is 23.2 Å². The van der Waals surface area contributed by atoms with Crippen LogP contribution in [0.3, 0.4) is 0 Å². The van der Waals surface area contributed by atoms with E-state index in [9.17, 15) is 14.9 Å². The molecule has 0 unspecified atom stereocenters. The number of carbonyl (C=O) groups is 1. The lowest BCUT2D eigenvalue weighted by atomic mass is 9.49. The fraction of sp³-hybridized carbons (Fsp3) is 0.457. The van der Waals surface area contributed by atoms with E-state index in [2.05, 4.69) is 15.9 Å². The molecule has 7 heteroatoms. The van der Waals surface area contributed by atoms with Gasteiger partial charge in [0.15, 0.2) is 0 Å². The molecule has 42 heavy (non-hydrogen) atoms. The highest BCUT2D eigenvalue weighted by Gasteiger charge is 2.55. The molecule has 1 aliphatic heterocycles. The summed E-state index contributed by atoms with van der Waals surface area (Å²) in [7, 11) is 0. The van der Waals surface area contributed by atoms with Gasteiger partial charge in [-0.05, 0) is 79.0 Å². The third-order valence-electron chi connectivity index (χ3n) is 10.1. The second-order valence-electron chi connectivity index (χ2n) is 13.0. The average molecular weight is 564 g/mol. The van der Waals surface area contributed by atoms with Gasteiger partial charge in [-0.2, -0.15) is 5.26 Å². The Morgan fingerprint density at radius 2 is 1.62 bits per heavy atom. The molecule has 2 heterocycles. The first-order chi connectivity index (χ1) is 20.5. The van der Waals surface area contributed by atoms with Crippen molar-refractivity contribution in [1.82, 2.24) is 9.80 Å². The number of hydrogen-bond donors (Lipinski definition) is 0. The van der Waals surface area contributed by atoms with Crippen molar-refractivity contribution >= 4 is 5.91 Å². The first kappa shape index (κ1) is 27.0. The van der Waals surface area contributed by atoms with E-state index in [0.29, 0.717) is 23.8 Å². The number of rotatable bonds is 7. The third-order valence-corrected chi connectivity index (χ3v) is 10.1. The van der Waals surface area contributed by atoms with Crippen LogP contribution in [0.1, 0.15) is 55.4 Å². The molecule has 216 valence electrons. The topological polar surface area (TPSA) is 86.8 Å². The number of nitrogens with zero attached hydrogens (tertiary/aromatic N) is 3. The van der Waals surface area contributed by atoms with Gasteiger partial charge in [0.05, 0.1) is 23.6 Å². The van der Waals surface area contributed by atoms with E-state index in [1.165, 1.54) is 31.6 Å². The molecule has 1 aromatic heterocycles. The molecule has 0 atom stereocenters. The minimum Gasteiger partial charge on any atom is -0.482 e. The molecular weight excluding hydrogens is 526 g/mol. The van der Waals surface area contributed by atoms with Crippen LogP contribution in [0, 0.1) is 34.5 Å². The number of hydrogen-bond acceptors (Lipinski definition) is 6. The largest absolute Gasteiger partial charge is 0.482 e. The van der Waals surface area contributed by atoms with Crippen LogP contribution in [0.15, 0.2) is 70.1 Å². The van der Waals surface area contributed by atoms with Crippen LogP contribution < -0.4 is 10.2 Å². The summed E-state index contributed by atoms with van der Waals surface area (Å²) in [6, 6.07) is 19.0. The minimum absolute atomic E-state index is 0.0790. The van der Waals surface area contributed by atoms with E-state index in [-0.39, 0.29) is 23.2 Å². The summed E-state index contributed by atoms with van der Waals surface area (Å²) in [5.41, 5.74) is 3.11. The normalized spacial score (nSPS) is 26.6. The molecule has 3 aromatic rings. The molecule has 8 rings (SSSR count). The monoisotopic (exact) mass is 563 g/mol. The first-order valence-electron chi connectivity index (χ1n) is 15.3. The van der Waals surface area contributed by atoms with Gasteiger partial charge in [-0.1, -0.05) is 42.5 Å². The lowest BCUT2D eigenvalue weighted by molar-refractivity contribution is -0.159. The smallest absolute Gasteiger partial charge is 0.228 e. The van der Waals surface area contributed by atoms with Crippen LogP contribution in [0.4, 0.5) is 0 Å². The van der Waals surface area contributed by atoms with Gasteiger partial charge >= 0.3 is 0 Å². The Bertz CT molecular complexity index is 1530. The predicted octanol–water partition coefficient (Wildman–Crippen LogP) is 5.62. The van der Waals surface area contributed by atoms with E-state index in [1.54, 1.807) is 6.07 Å². The van der Waals surface area contributed by atoms with Crippen LogP contribution in [-0.2, 0) is 17.9 Å². The standard InChI is InChI=1S/C35H37N3O4/c36-20-29-3-1-2-4-31(29)28-7-5-24(6-8-28)22-42-33-23-41-30(16-32(33)39)21-37-9-11-38(12-10-37)34(40)35-17-25-13-26(18-35)15-27(14-25)19-35/h1-8,16,23,25-27H,9-15,17-19,21-22H2. The van der Waals surface area contributed by atoms with E-state index in [1.807, 2.05) is 42.5 Å². The summed E-state index contributed by atoms with van der Waals surface area (Å²) in [5, 5.41) is 9.37. The quantitative estimate of drug-likeness (QED) is 0.371. The maximum Gasteiger partial charge on any atom is 0.228 e. The fourth-order valence-electron chi connectivity index (χ4n) is 8.44. The van der Waals surface area contributed by atoms with Gasteiger partial charge in [0.2, 0.25) is 17.1 Å². The number of benzene rings is 2. The zero-order chi connectivity index (χ0) is 28.7. The van der Waals surface area contributed by atoms with Crippen LogP contribution >= 0.6 is 0 Å². The summed E-state index contributed by atoms with van der Waals surface area (Å²) in [5.74, 6) is 3.52. The van der Waals surface area contributed by atoms with Gasteiger partial charge in [-0.25, -0.2) is 0 Å². The Morgan fingerprint density at radius 3 is 2.26 bits per heavy atom. The predicted molar refractivity (Wildman–Crippen MR) is 158 cm³/mol. The molecule has 5 fully saturated rings. The maximum atomic E-state index is 13.7. The Morgan fingerprint density at radius 1 is 0.952 bits per heavy atom. The van der Waals surface area contributed by atoms with Crippen molar-refractivity contribution in [2.75, 3.05) is 26.2 Å². The number of amides is 1. The highest BCUT2D eigenvalue weighted by molar-refractivity contribution is 5.83. The van der Waals surface area contributed by atoms with E-state index in [4.69, 9.17) is 9.15 Å². The molecule has 4 saturated carbocycles. The fourth-order valence-corrected chi connectivity index (χ4v) is 8.44. The minimum atomic E-state index is -0.202. The summed E-state index contributed by atoms with van der Waals surface area (Å²) in [6.07, 6.45) is 8.79. The summed E-state index contributed by atoms with van der Waals surface area (Å²) < 4.78 is 11.6. The summed E-state index contributed by atoms with van der Waals surface area (Å²) >= 11 is 0. The summed E-state index contributed by atoms with van der Waals surface area (Å²) in [6.45, 7) is 3.84. The van der Waals surface area contributed by atoms with Crippen molar-refractivity contribution in [3.63, 3.8) is 0 Å². The number of ether oxygens (including phenoxy) is 1. The highest BCUT2D eigenvalue weighted by atomic mass is 16.5. The Hall–Kier alpha value is -3.89. The number of piperazine rings is 1. The SMILES string of the molecule is N#Cc1ccccc1-c1ccc(COc2coc(CN3CCN(C(=O)C45CC6CC(CC(C6)C4)C5)CC3)cc2=O)cc1. The van der Waals surface area contributed by atoms with Crippen LogP contribution in [0.5, 0.6) is 5.75 Å². The van der Waals surface area contributed by atoms with Gasteiger partial charge in [0.1, 0.15) is 18.6 Å². The summed E-state index contributed by atoms with van der Waals surface area (Å²) in [4.78, 5) is 30.8. The average Bonchev–Trinajstić information content (AvgIpc) is 3.00. The Kier molecular flexibility index (Phi) is 7.11. The first-order valence-corrected chi connectivity index (χ1v) is 15.3. The molecule has 2 aromatic carbocycles. The molecule has 7 nitrogen and oxygen atoms in total. The van der Waals surface area contributed by atoms with Crippen molar-refractivity contribution in [1.29, 1.82) is 5.26 Å². The molecular formula is C35H37N3O4. The van der Waals surface area contributed by atoms with Crippen LogP contribution in [-0.4, -0.2) is 41.9 Å². The van der Waals surface area contributed by atoms with Crippen molar-refractivity contribution < 1.29 is 13.9 Å². The highest BCUT2D eigenvalue weighted by Crippen LogP contribution is 2.60.